The van der Waals surface area contributed by atoms with E-state index >= 15 is 0 Å². The highest BCUT2D eigenvalue weighted by Gasteiger charge is 2.29. The van der Waals surface area contributed by atoms with Crippen LogP contribution >= 0.6 is 0 Å². The van der Waals surface area contributed by atoms with Gasteiger partial charge in [0.25, 0.3) is 0 Å². The van der Waals surface area contributed by atoms with Gasteiger partial charge in [0.05, 0.1) is 12.5 Å². The van der Waals surface area contributed by atoms with Gasteiger partial charge in [-0.15, -0.1) is 0 Å². The lowest BCUT2D eigenvalue weighted by Crippen LogP contribution is -2.08. The minimum Gasteiger partial charge on any atom is -0.492 e. The lowest BCUT2D eigenvalue weighted by molar-refractivity contribution is 0.210. The predicted octanol–water partition coefficient (Wildman–Crippen LogP) is 1.65. The number of anilines is 1. The van der Waals surface area contributed by atoms with E-state index < -0.39 is 0 Å². The van der Waals surface area contributed by atoms with E-state index in [2.05, 4.69) is 15.5 Å². The fourth-order valence-corrected chi connectivity index (χ4v) is 2.08. The van der Waals surface area contributed by atoms with Gasteiger partial charge in [0, 0.05) is 19.2 Å². The zero-order chi connectivity index (χ0) is 13.1. The number of ether oxygens (including phenoxy) is 2. The van der Waals surface area contributed by atoms with Crippen LogP contribution in [0.3, 0.4) is 0 Å². The van der Waals surface area contributed by atoms with E-state index in [-0.39, 0.29) is 5.92 Å². The molecule has 1 aliphatic heterocycles. The Hall–Kier alpha value is -2.08. The maximum Gasteiger partial charge on any atom is 0.321 e. The summed E-state index contributed by atoms with van der Waals surface area (Å²) < 4.78 is 15.7. The summed E-state index contributed by atoms with van der Waals surface area (Å²) >= 11 is 0. The van der Waals surface area contributed by atoms with Crippen LogP contribution < -0.4 is 10.1 Å². The smallest absolute Gasteiger partial charge is 0.321 e. The number of hydrogen-bond acceptors (Lipinski definition) is 6. The Morgan fingerprint density at radius 2 is 2.32 bits per heavy atom. The summed E-state index contributed by atoms with van der Waals surface area (Å²) in [6.45, 7) is 1.78. The molecular formula is C13H15N3O3. The normalized spacial score (nSPS) is 17.0. The first-order chi connectivity index (χ1) is 9.38. The monoisotopic (exact) mass is 261 g/mol. The van der Waals surface area contributed by atoms with Gasteiger partial charge in [-0.3, -0.25) is 0 Å². The molecule has 100 valence electrons. The average Bonchev–Trinajstić information content (AvgIpc) is 3.05. The van der Waals surface area contributed by atoms with E-state index in [1.54, 1.807) is 7.11 Å². The number of benzene rings is 1. The highest BCUT2D eigenvalue weighted by molar-refractivity contribution is 5.43. The Labute approximate surface area is 110 Å². The SMILES string of the molecule is COCCNc1nc(C2COc3ccccc32)no1. The molecule has 3 rings (SSSR count). The molecule has 19 heavy (non-hydrogen) atoms. The van der Waals surface area contributed by atoms with Gasteiger partial charge in [-0.25, -0.2) is 0 Å². The van der Waals surface area contributed by atoms with Crippen LogP contribution in [0.2, 0.25) is 0 Å². The van der Waals surface area contributed by atoms with Gasteiger partial charge in [0.1, 0.15) is 12.4 Å². The molecule has 6 heteroatoms. The van der Waals surface area contributed by atoms with Crippen LogP contribution in [0, 0.1) is 0 Å². The maximum absolute atomic E-state index is 5.61. The van der Waals surface area contributed by atoms with Crippen molar-refractivity contribution in [3.8, 4) is 5.75 Å². The summed E-state index contributed by atoms with van der Waals surface area (Å²) in [5.74, 6) is 1.58. The second-order valence-electron chi connectivity index (χ2n) is 4.28. The number of para-hydroxylation sites is 1. The van der Waals surface area contributed by atoms with Gasteiger partial charge >= 0.3 is 6.01 Å². The van der Waals surface area contributed by atoms with E-state index in [4.69, 9.17) is 14.0 Å². The first-order valence-electron chi connectivity index (χ1n) is 6.16. The van der Waals surface area contributed by atoms with Crippen molar-refractivity contribution in [2.24, 2.45) is 0 Å². The molecule has 1 aliphatic rings. The Morgan fingerprint density at radius 3 is 3.21 bits per heavy atom. The summed E-state index contributed by atoms with van der Waals surface area (Å²) in [4.78, 5) is 4.34. The summed E-state index contributed by atoms with van der Waals surface area (Å²) in [6.07, 6.45) is 0. The molecule has 0 saturated heterocycles. The average molecular weight is 261 g/mol. The molecule has 1 N–H and O–H groups in total. The van der Waals surface area contributed by atoms with Crippen LogP contribution in [0.1, 0.15) is 17.3 Å². The Balaban J connectivity index is 1.74. The van der Waals surface area contributed by atoms with Crippen molar-refractivity contribution in [1.82, 2.24) is 10.1 Å². The summed E-state index contributed by atoms with van der Waals surface area (Å²) in [6, 6.07) is 8.33. The Bertz CT molecular complexity index is 556. The zero-order valence-electron chi connectivity index (χ0n) is 10.6. The number of hydrogen-bond donors (Lipinski definition) is 1. The van der Waals surface area contributed by atoms with Crippen molar-refractivity contribution < 1.29 is 14.0 Å². The van der Waals surface area contributed by atoms with E-state index in [1.807, 2.05) is 24.3 Å². The molecule has 2 heterocycles. The van der Waals surface area contributed by atoms with Gasteiger partial charge in [-0.05, 0) is 6.07 Å². The van der Waals surface area contributed by atoms with Crippen molar-refractivity contribution in [1.29, 1.82) is 0 Å². The van der Waals surface area contributed by atoms with Crippen LogP contribution in [0.4, 0.5) is 6.01 Å². The quantitative estimate of drug-likeness (QED) is 0.825. The highest BCUT2D eigenvalue weighted by atomic mass is 16.5. The second-order valence-corrected chi connectivity index (χ2v) is 4.28. The molecule has 1 atom stereocenters. The zero-order valence-corrected chi connectivity index (χ0v) is 10.6. The molecule has 0 aliphatic carbocycles. The third-order valence-corrected chi connectivity index (χ3v) is 3.04. The maximum atomic E-state index is 5.61. The molecule has 2 aromatic rings. The standard InChI is InChI=1S/C13H15N3O3/c1-17-7-6-14-13-15-12(16-19-13)10-8-18-11-5-3-2-4-9(10)11/h2-5,10H,6-8H2,1H3,(H,14,15,16). The van der Waals surface area contributed by atoms with Gasteiger partial charge in [0.2, 0.25) is 0 Å². The van der Waals surface area contributed by atoms with Crippen LogP contribution in [0.15, 0.2) is 28.8 Å². The first-order valence-corrected chi connectivity index (χ1v) is 6.16. The number of methoxy groups -OCH3 is 1. The number of nitrogens with one attached hydrogen (secondary N) is 1. The van der Waals surface area contributed by atoms with Crippen molar-refractivity contribution in [3.05, 3.63) is 35.7 Å². The topological polar surface area (TPSA) is 69.4 Å². The fraction of sp³-hybridized carbons (Fsp3) is 0.385. The largest absolute Gasteiger partial charge is 0.492 e. The summed E-state index contributed by atoms with van der Waals surface area (Å²) in [5, 5.41) is 7.01. The van der Waals surface area contributed by atoms with Crippen molar-refractivity contribution in [2.45, 2.75) is 5.92 Å². The number of fused-ring (bicyclic) bond motifs is 1. The minimum atomic E-state index is 0.0397. The third-order valence-electron chi connectivity index (χ3n) is 3.04. The first kappa shape index (κ1) is 12.0. The molecular weight excluding hydrogens is 246 g/mol. The molecule has 0 saturated carbocycles. The molecule has 0 fully saturated rings. The van der Waals surface area contributed by atoms with Crippen LogP contribution in [-0.4, -0.2) is 37.0 Å². The number of rotatable bonds is 5. The van der Waals surface area contributed by atoms with Crippen LogP contribution in [0.25, 0.3) is 0 Å². The summed E-state index contributed by atoms with van der Waals surface area (Å²) in [5.41, 5.74) is 1.10. The predicted molar refractivity (Wildman–Crippen MR) is 68.4 cm³/mol. The van der Waals surface area contributed by atoms with Crippen LogP contribution in [0.5, 0.6) is 5.75 Å². The van der Waals surface area contributed by atoms with E-state index in [0.717, 1.165) is 11.3 Å². The van der Waals surface area contributed by atoms with Crippen molar-refractivity contribution in [3.63, 3.8) is 0 Å². The molecule has 1 unspecified atom stereocenters. The summed E-state index contributed by atoms with van der Waals surface area (Å²) in [7, 11) is 1.65. The van der Waals surface area contributed by atoms with E-state index in [9.17, 15) is 0 Å². The molecule has 0 amide bonds. The highest BCUT2D eigenvalue weighted by Crippen LogP contribution is 2.36. The lowest BCUT2D eigenvalue weighted by atomic mass is 10.0. The van der Waals surface area contributed by atoms with Gasteiger partial charge in [-0.1, -0.05) is 23.4 Å². The fourth-order valence-electron chi connectivity index (χ4n) is 2.08. The Morgan fingerprint density at radius 1 is 1.42 bits per heavy atom. The molecule has 0 bridgehead atoms. The van der Waals surface area contributed by atoms with E-state index in [0.29, 0.717) is 31.6 Å². The number of nitrogens with zero attached hydrogens (tertiary/aromatic N) is 2. The molecule has 1 aromatic heterocycles. The van der Waals surface area contributed by atoms with Gasteiger partial charge in [-0.2, -0.15) is 4.98 Å². The van der Waals surface area contributed by atoms with E-state index in [1.165, 1.54) is 0 Å². The molecule has 1 aromatic carbocycles. The second kappa shape index (κ2) is 5.27. The molecule has 6 nitrogen and oxygen atoms in total. The van der Waals surface area contributed by atoms with Crippen molar-refractivity contribution >= 4 is 6.01 Å². The van der Waals surface area contributed by atoms with Gasteiger partial charge < -0.3 is 19.3 Å². The molecule has 0 spiro atoms. The third kappa shape index (κ3) is 2.39. The van der Waals surface area contributed by atoms with Crippen molar-refractivity contribution in [2.75, 3.05) is 32.2 Å². The Kier molecular flexibility index (Phi) is 3.33. The number of aromatic nitrogens is 2. The minimum absolute atomic E-state index is 0.0397. The van der Waals surface area contributed by atoms with Crippen LogP contribution in [-0.2, 0) is 4.74 Å². The van der Waals surface area contributed by atoms with Gasteiger partial charge in [0.15, 0.2) is 5.82 Å². The molecule has 0 radical (unpaired) electrons. The lowest BCUT2D eigenvalue weighted by Gasteiger charge is -2.01.